The van der Waals surface area contributed by atoms with Gasteiger partial charge in [-0.2, -0.15) is 0 Å². The number of hydrogen-bond acceptors (Lipinski definition) is 9. The van der Waals surface area contributed by atoms with Crippen LogP contribution in [0.15, 0.2) is 0 Å². The molecule has 0 heterocycles. The van der Waals surface area contributed by atoms with Gasteiger partial charge in [0.2, 0.25) is 0 Å². The quantitative estimate of drug-likeness (QED) is 0.0429. The highest BCUT2D eigenvalue weighted by molar-refractivity contribution is 5.69. The number of esters is 1. The van der Waals surface area contributed by atoms with Crippen LogP contribution in [0.1, 0.15) is 188 Å². The van der Waals surface area contributed by atoms with Crippen LogP contribution in [0.3, 0.4) is 0 Å². The first-order valence-electron chi connectivity index (χ1n) is 20.5. The Morgan fingerprint density at radius 3 is 1.57 bits per heavy atom. The molecule has 0 aliphatic carbocycles. The molecule has 292 valence electrons. The Morgan fingerprint density at radius 2 is 1.00 bits per heavy atom. The highest BCUT2D eigenvalue weighted by Gasteiger charge is 2.17. The molecule has 0 aliphatic heterocycles. The smallest absolute Gasteiger partial charge is 0.466 e. The molecule has 2 unspecified atom stereocenters. The Balaban J connectivity index is 4.32. The normalized spacial score (nSPS) is 12.8. The number of carbonyl (C=O) groups excluding carboxylic acids is 2. The van der Waals surface area contributed by atoms with Gasteiger partial charge in [-0.15, -0.1) is 0 Å². The van der Waals surface area contributed by atoms with Gasteiger partial charge in [0.25, 0.3) is 0 Å². The molecule has 3 N–H and O–H groups in total. The van der Waals surface area contributed by atoms with Crippen LogP contribution in [-0.2, 0) is 19.0 Å². The van der Waals surface area contributed by atoms with Gasteiger partial charge in [0.1, 0.15) is 6.10 Å². The standard InChI is InChI=1S/C40H79NO8/c1-4-7-10-12-14-18-27-38(28-19-15-13-11-8-5-2)49-40(46)48-33-23-21-26-37(44)35-41(30-24-31-42)34-36(43)25-17-16-20-29-39(45)47-32-22-9-6-3/h36-38,42-44H,4-35H2,1-3H3. The first-order chi connectivity index (χ1) is 23.9. The van der Waals surface area contributed by atoms with Gasteiger partial charge >= 0.3 is 12.1 Å². The summed E-state index contributed by atoms with van der Waals surface area (Å²) in [5.74, 6) is -0.140. The van der Waals surface area contributed by atoms with Crippen molar-refractivity contribution in [1.82, 2.24) is 4.90 Å². The van der Waals surface area contributed by atoms with Gasteiger partial charge in [-0.05, 0) is 70.6 Å². The highest BCUT2D eigenvalue weighted by Crippen LogP contribution is 2.18. The number of rotatable bonds is 37. The van der Waals surface area contributed by atoms with Gasteiger partial charge in [-0.25, -0.2) is 4.79 Å². The minimum atomic E-state index is -0.575. The van der Waals surface area contributed by atoms with E-state index in [0.29, 0.717) is 64.8 Å². The van der Waals surface area contributed by atoms with Crippen molar-refractivity contribution in [2.75, 3.05) is 39.5 Å². The maximum absolute atomic E-state index is 12.5. The summed E-state index contributed by atoms with van der Waals surface area (Å²) in [4.78, 5) is 26.3. The Hall–Kier alpha value is -1.42. The highest BCUT2D eigenvalue weighted by atomic mass is 16.7. The third-order valence-electron chi connectivity index (χ3n) is 9.17. The van der Waals surface area contributed by atoms with Gasteiger partial charge < -0.3 is 29.5 Å². The van der Waals surface area contributed by atoms with Crippen LogP contribution in [0.4, 0.5) is 4.79 Å². The second-order valence-electron chi connectivity index (χ2n) is 14.1. The van der Waals surface area contributed by atoms with Crippen molar-refractivity contribution in [3.05, 3.63) is 0 Å². The molecule has 0 aromatic rings. The van der Waals surface area contributed by atoms with Gasteiger partial charge in [0, 0.05) is 32.7 Å². The molecule has 49 heavy (non-hydrogen) atoms. The average Bonchev–Trinajstić information content (AvgIpc) is 3.08. The second-order valence-corrected chi connectivity index (χ2v) is 14.1. The van der Waals surface area contributed by atoms with Gasteiger partial charge in [-0.3, -0.25) is 9.69 Å². The Labute approximate surface area is 301 Å². The molecule has 0 aromatic heterocycles. The Kier molecular flexibility index (Phi) is 35.3. The third kappa shape index (κ3) is 33.5. The van der Waals surface area contributed by atoms with Crippen LogP contribution < -0.4 is 0 Å². The second kappa shape index (κ2) is 36.4. The lowest BCUT2D eigenvalue weighted by atomic mass is 10.0. The van der Waals surface area contributed by atoms with Crippen LogP contribution >= 0.6 is 0 Å². The zero-order chi connectivity index (χ0) is 36.2. The van der Waals surface area contributed by atoms with E-state index >= 15 is 0 Å². The zero-order valence-electron chi connectivity index (χ0n) is 32.2. The number of unbranched alkanes of at least 4 members (excludes halogenated alkanes) is 15. The molecule has 0 fully saturated rings. The third-order valence-corrected chi connectivity index (χ3v) is 9.17. The van der Waals surface area contributed by atoms with E-state index in [9.17, 15) is 24.9 Å². The van der Waals surface area contributed by atoms with Crippen molar-refractivity contribution in [2.45, 2.75) is 206 Å². The first kappa shape index (κ1) is 47.6. The largest absolute Gasteiger partial charge is 0.508 e. The van der Waals surface area contributed by atoms with Crippen molar-refractivity contribution in [3.8, 4) is 0 Å². The van der Waals surface area contributed by atoms with Crippen LogP contribution in [0.2, 0.25) is 0 Å². The molecule has 0 radical (unpaired) electrons. The molecule has 9 heteroatoms. The van der Waals surface area contributed by atoms with E-state index in [1.807, 2.05) is 4.90 Å². The van der Waals surface area contributed by atoms with E-state index in [2.05, 4.69) is 20.8 Å². The average molecular weight is 702 g/mol. The Bertz CT molecular complexity index is 708. The van der Waals surface area contributed by atoms with Crippen molar-refractivity contribution < 1.29 is 39.1 Å². The number of aliphatic hydroxyl groups is 3. The molecule has 9 nitrogen and oxygen atoms in total. The lowest BCUT2D eigenvalue weighted by Gasteiger charge is -2.27. The summed E-state index contributed by atoms with van der Waals surface area (Å²) >= 11 is 0. The summed E-state index contributed by atoms with van der Waals surface area (Å²) < 4.78 is 16.4. The SMILES string of the molecule is CCCCCCCCC(CCCCCCCC)OC(=O)OCCCCC(O)CN(CCCO)CC(O)CCCCCC(=O)OCCCCC. The van der Waals surface area contributed by atoms with E-state index in [0.717, 1.165) is 64.2 Å². The predicted molar refractivity (Wildman–Crippen MR) is 200 cm³/mol. The molecule has 0 saturated heterocycles. The van der Waals surface area contributed by atoms with Crippen LogP contribution in [-0.4, -0.2) is 90.1 Å². The fourth-order valence-electron chi connectivity index (χ4n) is 6.14. The zero-order valence-corrected chi connectivity index (χ0v) is 32.2. The van der Waals surface area contributed by atoms with Crippen LogP contribution in [0, 0.1) is 0 Å². The summed E-state index contributed by atoms with van der Waals surface area (Å²) in [6.45, 7) is 8.86. The summed E-state index contributed by atoms with van der Waals surface area (Å²) in [5, 5.41) is 30.6. The van der Waals surface area contributed by atoms with Crippen molar-refractivity contribution in [1.29, 1.82) is 0 Å². The number of ether oxygens (including phenoxy) is 3. The van der Waals surface area contributed by atoms with E-state index in [-0.39, 0.29) is 25.3 Å². The fraction of sp³-hybridized carbons (Fsp3) is 0.950. The van der Waals surface area contributed by atoms with Crippen molar-refractivity contribution >= 4 is 12.1 Å². The molecule has 0 saturated carbocycles. The van der Waals surface area contributed by atoms with Gasteiger partial charge in [0.05, 0.1) is 25.4 Å². The molecule has 0 bridgehead atoms. The number of carbonyl (C=O) groups is 2. The van der Waals surface area contributed by atoms with Crippen LogP contribution in [0.25, 0.3) is 0 Å². The molecular formula is C40H79NO8. The minimum absolute atomic E-state index is 0.0590. The maximum atomic E-state index is 12.5. The molecule has 0 amide bonds. The topological polar surface area (TPSA) is 126 Å². The first-order valence-corrected chi connectivity index (χ1v) is 20.5. The van der Waals surface area contributed by atoms with Crippen molar-refractivity contribution in [3.63, 3.8) is 0 Å². The van der Waals surface area contributed by atoms with E-state index < -0.39 is 18.4 Å². The van der Waals surface area contributed by atoms with Gasteiger partial charge in [0.15, 0.2) is 0 Å². The maximum Gasteiger partial charge on any atom is 0.508 e. The molecule has 0 aliphatic rings. The fourth-order valence-corrected chi connectivity index (χ4v) is 6.14. The van der Waals surface area contributed by atoms with E-state index in [1.165, 1.54) is 64.2 Å². The molecular weight excluding hydrogens is 622 g/mol. The van der Waals surface area contributed by atoms with E-state index in [4.69, 9.17) is 14.2 Å². The lowest BCUT2D eigenvalue weighted by molar-refractivity contribution is -0.143. The molecule has 0 rings (SSSR count). The summed E-state index contributed by atoms with van der Waals surface area (Å²) in [7, 11) is 0. The van der Waals surface area contributed by atoms with Crippen molar-refractivity contribution in [2.24, 2.45) is 0 Å². The van der Waals surface area contributed by atoms with Gasteiger partial charge in [-0.1, -0.05) is 111 Å². The number of aliphatic hydroxyl groups excluding tert-OH is 3. The summed E-state index contributed by atoms with van der Waals surface area (Å²) in [6, 6.07) is 0. The van der Waals surface area contributed by atoms with Crippen LogP contribution in [0.5, 0.6) is 0 Å². The lowest BCUT2D eigenvalue weighted by Crippen LogP contribution is -2.39. The summed E-state index contributed by atoms with van der Waals surface area (Å²) in [5.41, 5.74) is 0. The molecule has 0 aromatic carbocycles. The molecule has 2 atom stereocenters. The number of nitrogens with zero attached hydrogens (tertiary/aromatic N) is 1. The van der Waals surface area contributed by atoms with E-state index in [1.54, 1.807) is 0 Å². The predicted octanol–water partition coefficient (Wildman–Crippen LogP) is 9.27. The minimum Gasteiger partial charge on any atom is -0.466 e. The summed E-state index contributed by atoms with van der Waals surface area (Å²) in [6.07, 6.45) is 23.8. The number of hydrogen-bond donors (Lipinski definition) is 3. The molecule has 0 spiro atoms. The monoisotopic (exact) mass is 702 g/mol. The Morgan fingerprint density at radius 1 is 0.551 bits per heavy atom.